The highest BCUT2D eigenvalue weighted by atomic mass is 32.2. The Bertz CT molecular complexity index is 621. The van der Waals surface area contributed by atoms with E-state index in [2.05, 4.69) is 34.1 Å². The van der Waals surface area contributed by atoms with Crippen molar-refractivity contribution in [3.8, 4) is 11.3 Å². The summed E-state index contributed by atoms with van der Waals surface area (Å²) < 4.78 is 5.46. The fourth-order valence-electron chi connectivity index (χ4n) is 2.11. The molecule has 1 heterocycles. The van der Waals surface area contributed by atoms with Crippen LogP contribution in [0.25, 0.3) is 11.3 Å². The lowest BCUT2D eigenvalue weighted by Crippen LogP contribution is -2.23. The molecule has 0 N–H and O–H groups in total. The van der Waals surface area contributed by atoms with Crippen molar-refractivity contribution in [1.29, 1.82) is 0 Å². The summed E-state index contributed by atoms with van der Waals surface area (Å²) in [5.74, 6) is 0.806. The molecule has 4 nitrogen and oxygen atoms in total. The summed E-state index contributed by atoms with van der Waals surface area (Å²) in [6.45, 7) is 5.58. The molecule has 0 aliphatic heterocycles. The van der Waals surface area contributed by atoms with E-state index >= 15 is 0 Å². The van der Waals surface area contributed by atoms with Crippen LogP contribution in [0.4, 0.5) is 0 Å². The van der Waals surface area contributed by atoms with Gasteiger partial charge in [-0.2, -0.15) is 0 Å². The fourth-order valence-corrected chi connectivity index (χ4v) is 2.74. The van der Waals surface area contributed by atoms with E-state index in [-0.39, 0.29) is 0 Å². The molecule has 0 saturated carbocycles. The molecule has 0 aliphatic carbocycles. The lowest BCUT2D eigenvalue weighted by molar-refractivity contribution is 0.405. The van der Waals surface area contributed by atoms with Crippen LogP contribution in [0.1, 0.15) is 18.2 Å². The molecule has 112 valence electrons. The van der Waals surface area contributed by atoms with Crippen LogP contribution < -0.4 is 0 Å². The zero-order valence-corrected chi connectivity index (χ0v) is 13.8. The number of nitrogens with zero attached hydrogens (tertiary/aromatic N) is 3. The molecule has 0 bridgehead atoms. The zero-order valence-electron chi connectivity index (χ0n) is 13.0. The summed E-state index contributed by atoms with van der Waals surface area (Å²) in [5.41, 5.74) is 3.18. The normalized spacial score (nSPS) is 11.7. The van der Waals surface area contributed by atoms with Crippen molar-refractivity contribution in [3.05, 3.63) is 41.6 Å². The van der Waals surface area contributed by atoms with E-state index in [1.54, 1.807) is 11.8 Å². The third kappa shape index (κ3) is 4.11. The van der Waals surface area contributed by atoms with Crippen molar-refractivity contribution in [2.45, 2.75) is 20.4 Å². The summed E-state index contributed by atoms with van der Waals surface area (Å²) in [5, 5.41) is 5.17. The van der Waals surface area contributed by atoms with Gasteiger partial charge in [0.2, 0.25) is 0 Å². The van der Waals surface area contributed by atoms with Crippen LogP contribution >= 0.6 is 11.8 Å². The van der Waals surface area contributed by atoms with Crippen molar-refractivity contribution in [3.63, 3.8) is 0 Å². The van der Waals surface area contributed by atoms with Crippen LogP contribution in [0.15, 0.2) is 39.8 Å². The van der Waals surface area contributed by atoms with Crippen molar-refractivity contribution in [2.75, 3.05) is 19.8 Å². The minimum absolute atomic E-state index is 0.689. The molecule has 1 aromatic heterocycles. The average Bonchev–Trinajstić information content (AvgIpc) is 2.93. The summed E-state index contributed by atoms with van der Waals surface area (Å²) in [6.07, 6.45) is 2.03. The van der Waals surface area contributed by atoms with Crippen LogP contribution in [0.5, 0.6) is 0 Å². The van der Waals surface area contributed by atoms with Crippen LogP contribution in [0.3, 0.4) is 0 Å². The third-order valence-electron chi connectivity index (χ3n) is 3.06. The van der Waals surface area contributed by atoms with Crippen molar-refractivity contribution in [1.82, 2.24) is 10.1 Å². The number of aliphatic imine (C=N–C) groups is 1. The number of thioether (sulfide) groups is 1. The number of rotatable bonds is 4. The first-order chi connectivity index (χ1) is 10.1. The molecule has 1 aromatic carbocycles. The summed E-state index contributed by atoms with van der Waals surface area (Å²) in [7, 11) is 2.02. The molecule has 21 heavy (non-hydrogen) atoms. The van der Waals surface area contributed by atoms with Crippen LogP contribution in [-0.4, -0.2) is 35.1 Å². The Morgan fingerprint density at radius 2 is 2.19 bits per heavy atom. The zero-order chi connectivity index (χ0) is 15.2. The van der Waals surface area contributed by atoms with E-state index < -0.39 is 0 Å². The van der Waals surface area contributed by atoms with Crippen molar-refractivity contribution >= 4 is 16.9 Å². The standard InChI is InChI=1S/C16H21N3OS/c1-5-17-16(21-4)19(3)11-14-10-15(20-18-14)13-8-6-7-12(2)9-13/h6-10H,5,11H2,1-4H3. The predicted molar refractivity (Wildman–Crippen MR) is 89.6 cm³/mol. The predicted octanol–water partition coefficient (Wildman–Crippen LogP) is 3.82. The van der Waals surface area contributed by atoms with Gasteiger partial charge >= 0.3 is 0 Å². The quantitative estimate of drug-likeness (QED) is 0.636. The second kappa shape index (κ2) is 7.31. The Hall–Kier alpha value is -1.75. The smallest absolute Gasteiger partial charge is 0.167 e. The van der Waals surface area contributed by atoms with E-state index in [1.807, 2.05) is 38.4 Å². The third-order valence-corrected chi connectivity index (χ3v) is 3.87. The number of aromatic nitrogens is 1. The number of hydrogen-bond acceptors (Lipinski definition) is 4. The van der Waals surface area contributed by atoms with Gasteiger partial charge in [-0.15, -0.1) is 0 Å². The lowest BCUT2D eigenvalue weighted by atomic mass is 10.1. The second-order valence-corrected chi connectivity index (χ2v) is 5.64. The Morgan fingerprint density at radius 3 is 2.86 bits per heavy atom. The first kappa shape index (κ1) is 15.6. The molecule has 0 atom stereocenters. The van der Waals surface area contributed by atoms with Crippen molar-refractivity contribution < 1.29 is 4.52 Å². The molecular formula is C16H21N3OS. The first-order valence-corrected chi connectivity index (χ1v) is 8.18. The van der Waals surface area contributed by atoms with E-state index in [1.165, 1.54) is 5.56 Å². The average molecular weight is 303 g/mol. The van der Waals surface area contributed by atoms with E-state index in [4.69, 9.17) is 4.52 Å². The van der Waals surface area contributed by atoms with Gasteiger partial charge in [0, 0.05) is 25.2 Å². The van der Waals surface area contributed by atoms with E-state index in [0.717, 1.165) is 28.7 Å². The maximum Gasteiger partial charge on any atom is 0.167 e. The molecule has 0 saturated heterocycles. The summed E-state index contributed by atoms with van der Waals surface area (Å²) >= 11 is 1.64. The molecular weight excluding hydrogens is 282 g/mol. The maximum absolute atomic E-state index is 5.46. The Balaban J connectivity index is 2.12. The topological polar surface area (TPSA) is 41.6 Å². The highest BCUT2D eigenvalue weighted by Crippen LogP contribution is 2.22. The largest absolute Gasteiger partial charge is 0.356 e. The number of benzene rings is 1. The molecule has 0 amide bonds. The van der Waals surface area contributed by atoms with E-state index in [9.17, 15) is 0 Å². The fraction of sp³-hybridized carbons (Fsp3) is 0.375. The van der Waals surface area contributed by atoms with Crippen LogP contribution in [0.2, 0.25) is 0 Å². The number of hydrogen-bond donors (Lipinski definition) is 0. The lowest BCUT2D eigenvalue weighted by Gasteiger charge is -2.17. The second-order valence-electron chi connectivity index (χ2n) is 4.87. The molecule has 0 radical (unpaired) electrons. The summed E-state index contributed by atoms with van der Waals surface area (Å²) in [4.78, 5) is 6.55. The van der Waals surface area contributed by atoms with Crippen LogP contribution in [-0.2, 0) is 6.54 Å². The molecule has 2 rings (SSSR count). The van der Waals surface area contributed by atoms with Gasteiger partial charge in [-0.25, -0.2) is 0 Å². The van der Waals surface area contributed by atoms with E-state index in [0.29, 0.717) is 6.54 Å². The molecule has 5 heteroatoms. The van der Waals surface area contributed by atoms with Gasteiger partial charge < -0.3 is 9.42 Å². The van der Waals surface area contributed by atoms with Gasteiger partial charge in [-0.05, 0) is 26.2 Å². The highest BCUT2D eigenvalue weighted by molar-refractivity contribution is 8.13. The van der Waals surface area contributed by atoms with Crippen LogP contribution in [0, 0.1) is 6.92 Å². The Kier molecular flexibility index (Phi) is 5.44. The molecule has 0 fully saturated rings. The molecule has 0 spiro atoms. The van der Waals surface area contributed by atoms with Gasteiger partial charge in [-0.3, -0.25) is 4.99 Å². The van der Waals surface area contributed by atoms with Gasteiger partial charge in [0.15, 0.2) is 10.9 Å². The van der Waals surface area contributed by atoms with Gasteiger partial charge in [-0.1, -0.05) is 40.7 Å². The number of aryl methyl sites for hydroxylation is 1. The molecule has 0 aliphatic rings. The Labute approximate surface area is 130 Å². The maximum atomic E-state index is 5.46. The minimum Gasteiger partial charge on any atom is -0.356 e. The van der Waals surface area contributed by atoms with Crippen molar-refractivity contribution in [2.24, 2.45) is 4.99 Å². The first-order valence-electron chi connectivity index (χ1n) is 6.96. The minimum atomic E-state index is 0.689. The molecule has 2 aromatic rings. The van der Waals surface area contributed by atoms with Gasteiger partial charge in [0.1, 0.15) is 5.69 Å². The van der Waals surface area contributed by atoms with Gasteiger partial charge in [0.05, 0.1) is 6.54 Å². The molecule has 0 unspecified atom stereocenters. The Morgan fingerprint density at radius 1 is 1.38 bits per heavy atom. The number of amidine groups is 1. The summed E-state index contributed by atoms with van der Waals surface area (Å²) in [6, 6.07) is 10.2. The highest BCUT2D eigenvalue weighted by Gasteiger charge is 2.11. The monoisotopic (exact) mass is 303 g/mol. The SMILES string of the molecule is CCN=C(SC)N(C)Cc1cc(-c2cccc(C)c2)on1. The van der Waals surface area contributed by atoms with Gasteiger partial charge in [0.25, 0.3) is 0 Å².